The number of hydrogen-bond acceptors (Lipinski definition) is 4. The van der Waals surface area contributed by atoms with Gasteiger partial charge in [-0.3, -0.25) is 4.90 Å². The number of likely N-dealkylation sites (tertiary alicyclic amines) is 1. The Labute approximate surface area is 127 Å². The molecule has 0 aliphatic carbocycles. The van der Waals surface area contributed by atoms with Crippen LogP contribution >= 0.6 is 11.3 Å². The molecular weight excluding hydrogens is 266 g/mol. The SMILES string of the molecule is CC(C)=CCN1CCC(NCCc2csc(C)n2)CC1. The lowest BCUT2D eigenvalue weighted by molar-refractivity contribution is 0.215. The first-order valence-electron chi connectivity index (χ1n) is 7.63. The fraction of sp³-hybridized carbons (Fsp3) is 0.688. The second kappa shape index (κ2) is 7.91. The van der Waals surface area contributed by atoms with Crippen molar-refractivity contribution in [1.29, 1.82) is 0 Å². The monoisotopic (exact) mass is 293 g/mol. The van der Waals surface area contributed by atoms with Gasteiger partial charge in [0.15, 0.2) is 0 Å². The normalized spacial score (nSPS) is 17.4. The zero-order chi connectivity index (χ0) is 14.4. The van der Waals surface area contributed by atoms with Crippen molar-refractivity contribution >= 4 is 11.3 Å². The van der Waals surface area contributed by atoms with Gasteiger partial charge in [-0.05, 0) is 46.7 Å². The second-order valence-corrected chi connectivity index (χ2v) is 6.98. The van der Waals surface area contributed by atoms with E-state index in [0.29, 0.717) is 6.04 Å². The molecule has 1 aromatic rings. The summed E-state index contributed by atoms with van der Waals surface area (Å²) in [7, 11) is 0. The maximum absolute atomic E-state index is 4.51. The Morgan fingerprint density at radius 2 is 2.20 bits per heavy atom. The highest BCUT2D eigenvalue weighted by molar-refractivity contribution is 7.09. The topological polar surface area (TPSA) is 28.2 Å². The number of aryl methyl sites for hydroxylation is 1. The van der Waals surface area contributed by atoms with E-state index >= 15 is 0 Å². The third kappa shape index (κ3) is 5.35. The van der Waals surface area contributed by atoms with Crippen LogP contribution < -0.4 is 5.32 Å². The molecule has 112 valence electrons. The van der Waals surface area contributed by atoms with Gasteiger partial charge in [-0.1, -0.05) is 11.6 Å². The number of rotatable bonds is 6. The molecule has 4 heteroatoms. The van der Waals surface area contributed by atoms with E-state index in [1.54, 1.807) is 11.3 Å². The molecule has 0 unspecified atom stereocenters. The minimum absolute atomic E-state index is 0.692. The van der Waals surface area contributed by atoms with Gasteiger partial charge in [-0.15, -0.1) is 11.3 Å². The highest BCUT2D eigenvalue weighted by Crippen LogP contribution is 2.11. The molecule has 0 radical (unpaired) electrons. The lowest BCUT2D eigenvalue weighted by atomic mass is 10.0. The number of hydrogen-bond donors (Lipinski definition) is 1. The van der Waals surface area contributed by atoms with Gasteiger partial charge in [0, 0.05) is 30.9 Å². The molecule has 0 aromatic carbocycles. The van der Waals surface area contributed by atoms with E-state index in [9.17, 15) is 0 Å². The Bertz CT molecular complexity index is 427. The van der Waals surface area contributed by atoms with Gasteiger partial charge in [0.1, 0.15) is 0 Å². The van der Waals surface area contributed by atoms with Crippen LogP contribution in [0, 0.1) is 6.92 Å². The molecule has 2 heterocycles. The fourth-order valence-electron chi connectivity index (χ4n) is 2.56. The van der Waals surface area contributed by atoms with Crippen LogP contribution in [0.1, 0.15) is 37.4 Å². The summed E-state index contributed by atoms with van der Waals surface area (Å²) in [5.41, 5.74) is 2.66. The maximum atomic E-state index is 4.51. The van der Waals surface area contributed by atoms with Gasteiger partial charge >= 0.3 is 0 Å². The number of nitrogens with one attached hydrogen (secondary N) is 1. The van der Waals surface area contributed by atoms with E-state index in [-0.39, 0.29) is 0 Å². The van der Waals surface area contributed by atoms with Crippen LogP contribution in [0.5, 0.6) is 0 Å². The predicted octanol–water partition coefficient (Wildman–Crippen LogP) is 3.01. The molecule has 0 saturated carbocycles. The van der Waals surface area contributed by atoms with Crippen molar-refractivity contribution in [3.8, 4) is 0 Å². The van der Waals surface area contributed by atoms with Crippen LogP contribution in [0.3, 0.4) is 0 Å². The molecular formula is C16H27N3S. The molecule has 0 spiro atoms. The van der Waals surface area contributed by atoms with Crippen molar-refractivity contribution in [2.45, 2.75) is 46.1 Å². The summed E-state index contributed by atoms with van der Waals surface area (Å²) in [6.45, 7) is 11.0. The quantitative estimate of drug-likeness (QED) is 0.817. The highest BCUT2D eigenvalue weighted by Gasteiger charge is 2.17. The van der Waals surface area contributed by atoms with E-state index in [2.05, 4.69) is 47.4 Å². The number of thiazole rings is 1. The number of nitrogens with zero attached hydrogens (tertiary/aromatic N) is 2. The average molecular weight is 293 g/mol. The zero-order valence-corrected chi connectivity index (χ0v) is 13.8. The Balaban J connectivity index is 1.61. The van der Waals surface area contributed by atoms with E-state index in [1.807, 2.05) is 0 Å². The lowest BCUT2D eigenvalue weighted by Crippen LogP contribution is -2.43. The smallest absolute Gasteiger partial charge is 0.0897 e. The van der Waals surface area contributed by atoms with Gasteiger partial charge in [0.25, 0.3) is 0 Å². The first-order valence-corrected chi connectivity index (χ1v) is 8.51. The summed E-state index contributed by atoms with van der Waals surface area (Å²) in [6, 6.07) is 0.692. The van der Waals surface area contributed by atoms with Gasteiger partial charge in [-0.2, -0.15) is 0 Å². The van der Waals surface area contributed by atoms with Gasteiger partial charge < -0.3 is 5.32 Å². The Kier molecular flexibility index (Phi) is 6.20. The summed E-state index contributed by atoms with van der Waals surface area (Å²) in [5, 5.41) is 7.04. The van der Waals surface area contributed by atoms with E-state index < -0.39 is 0 Å². The van der Waals surface area contributed by atoms with Crippen LogP contribution in [0.4, 0.5) is 0 Å². The predicted molar refractivity (Wildman–Crippen MR) is 87.5 cm³/mol. The van der Waals surface area contributed by atoms with Crippen LogP contribution in [-0.4, -0.2) is 42.1 Å². The molecule has 1 aliphatic heterocycles. The second-order valence-electron chi connectivity index (χ2n) is 5.92. The summed E-state index contributed by atoms with van der Waals surface area (Å²) < 4.78 is 0. The molecule has 0 bridgehead atoms. The standard InChI is InChI=1S/C16H27N3S/c1-13(2)5-9-19-10-6-15(7-11-19)17-8-4-16-12-20-14(3)18-16/h5,12,15,17H,4,6-11H2,1-3H3. The van der Waals surface area contributed by atoms with Crippen LogP contribution in [0.15, 0.2) is 17.0 Å². The number of piperidine rings is 1. The molecule has 20 heavy (non-hydrogen) atoms. The Morgan fingerprint density at radius 1 is 1.45 bits per heavy atom. The van der Waals surface area contributed by atoms with Crippen molar-refractivity contribution in [2.75, 3.05) is 26.2 Å². The molecule has 1 fully saturated rings. The number of allylic oxidation sites excluding steroid dienone is 1. The fourth-order valence-corrected chi connectivity index (χ4v) is 3.21. The zero-order valence-electron chi connectivity index (χ0n) is 13.0. The largest absolute Gasteiger partial charge is 0.313 e. The average Bonchev–Trinajstić information content (AvgIpc) is 2.83. The minimum atomic E-state index is 0.692. The van der Waals surface area contributed by atoms with Crippen LogP contribution in [-0.2, 0) is 6.42 Å². The van der Waals surface area contributed by atoms with E-state index in [4.69, 9.17) is 0 Å². The van der Waals surface area contributed by atoms with Crippen molar-refractivity contribution in [1.82, 2.24) is 15.2 Å². The lowest BCUT2D eigenvalue weighted by Gasteiger charge is -2.31. The molecule has 2 rings (SSSR count). The van der Waals surface area contributed by atoms with Gasteiger partial charge in [0.05, 0.1) is 10.7 Å². The summed E-state index contributed by atoms with van der Waals surface area (Å²) >= 11 is 1.75. The summed E-state index contributed by atoms with van der Waals surface area (Å²) in [4.78, 5) is 7.06. The molecule has 3 nitrogen and oxygen atoms in total. The molecule has 0 atom stereocenters. The van der Waals surface area contributed by atoms with Crippen molar-refractivity contribution < 1.29 is 0 Å². The highest BCUT2D eigenvalue weighted by atomic mass is 32.1. The molecule has 1 aromatic heterocycles. The molecule has 1 aliphatic rings. The minimum Gasteiger partial charge on any atom is -0.313 e. The molecule has 0 amide bonds. The van der Waals surface area contributed by atoms with Crippen LogP contribution in [0.2, 0.25) is 0 Å². The van der Waals surface area contributed by atoms with Crippen molar-refractivity contribution in [2.24, 2.45) is 0 Å². The van der Waals surface area contributed by atoms with E-state index in [0.717, 1.165) is 19.5 Å². The third-order valence-electron chi connectivity index (χ3n) is 3.83. The van der Waals surface area contributed by atoms with Crippen molar-refractivity contribution in [3.63, 3.8) is 0 Å². The third-order valence-corrected chi connectivity index (χ3v) is 4.65. The Hall–Kier alpha value is -0.710. The van der Waals surface area contributed by atoms with Gasteiger partial charge in [-0.25, -0.2) is 4.98 Å². The van der Waals surface area contributed by atoms with Gasteiger partial charge in [0.2, 0.25) is 0 Å². The van der Waals surface area contributed by atoms with Crippen LogP contribution in [0.25, 0.3) is 0 Å². The molecule has 1 saturated heterocycles. The first kappa shape index (κ1) is 15.7. The van der Waals surface area contributed by atoms with E-state index in [1.165, 1.54) is 42.2 Å². The number of aromatic nitrogens is 1. The molecule has 1 N–H and O–H groups in total. The maximum Gasteiger partial charge on any atom is 0.0897 e. The Morgan fingerprint density at radius 3 is 2.80 bits per heavy atom. The first-order chi connectivity index (χ1) is 9.63. The van der Waals surface area contributed by atoms with Crippen molar-refractivity contribution in [3.05, 3.63) is 27.7 Å². The summed E-state index contributed by atoms with van der Waals surface area (Å²) in [5.74, 6) is 0. The summed E-state index contributed by atoms with van der Waals surface area (Å²) in [6.07, 6.45) is 5.93.